The summed E-state index contributed by atoms with van der Waals surface area (Å²) in [5, 5.41) is 3.43. The number of nitrogen functional groups attached to an aromatic ring is 1. The van der Waals surface area contributed by atoms with Crippen LogP contribution < -0.4 is 21.9 Å². The predicted molar refractivity (Wildman–Crippen MR) is 104 cm³/mol. The Morgan fingerprint density at radius 2 is 1.69 bits per heavy atom. The molecule has 7 nitrogen and oxygen atoms in total. The molecular weight excluding hydrogens is 328 g/mol. The van der Waals surface area contributed by atoms with Crippen molar-refractivity contribution in [1.29, 1.82) is 0 Å². The highest BCUT2D eigenvalue weighted by molar-refractivity contribution is 5.95. The number of aromatic nitrogens is 2. The Bertz CT molecular complexity index is 738. The van der Waals surface area contributed by atoms with E-state index in [0.29, 0.717) is 28.9 Å². The van der Waals surface area contributed by atoms with Crippen LogP contribution in [0.2, 0.25) is 0 Å². The summed E-state index contributed by atoms with van der Waals surface area (Å²) in [5.41, 5.74) is 13.7. The van der Waals surface area contributed by atoms with Gasteiger partial charge in [0.1, 0.15) is 12.0 Å². The lowest BCUT2D eigenvalue weighted by atomic mass is 10.1. The maximum absolute atomic E-state index is 12.2. The van der Waals surface area contributed by atoms with Gasteiger partial charge in [0.25, 0.3) is 5.91 Å². The second kappa shape index (κ2) is 8.51. The summed E-state index contributed by atoms with van der Waals surface area (Å²) in [6.07, 6.45) is 8.70. The number of rotatable bonds is 5. The van der Waals surface area contributed by atoms with Gasteiger partial charge in [0, 0.05) is 11.6 Å². The third kappa shape index (κ3) is 4.62. The fraction of sp³-hybridized carbons (Fsp3) is 0.421. The lowest BCUT2D eigenvalue weighted by Crippen LogP contribution is -2.30. The Morgan fingerprint density at radius 3 is 2.38 bits per heavy atom. The van der Waals surface area contributed by atoms with Crippen LogP contribution in [0.25, 0.3) is 0 Å². The zero-order valence-electron chi connectivity index (χ0n) is 15.1. The summed E-state index contributed by atoms with van der Waals surface area (Å²) in [6.45, 7) is 1.98. The molecule has 0 unspecified atom stereocenters. The largest absolute Gasteiger partial charge is 0.393 e. The number of nitrogens with one attached hydrogen (secondary N) is 3. The molecule has 0 aliphatic heterocycles. The average molecular weight is 354 g/mol. The molecule has 26 heavy (non-hydrogen) atoms. The van der Waals surface area contributed by atoms with Crippen LogP contribution in [-0.4, -0.2) is 21.9 Å². The maximum Gasteiger partial charge on any atom is 0.269 e. The molecule has 0 atom stereocenters. The normalized spacial score (nSPS) is 15.1. The van der Waals surface area contributed by atoms with Crippen molar-refractivity contribution in [3.63, 3.8) is 0 Å². The molecule has 1 heterocycles. The van der Waals surface area contributed by atoms with Gasteiger partial charge < -0.3 is 11.1 Å². The smallest absolute Gasteiger partial charge is 0.269 e. The van der Waals surface area contributed by atoms with E-state index in [-0.39, 0.29) is 5.91 Å². The van der Waals surface area contributed by atoms with Gasteiger partial charge in [0.05, 0.1) is 0 Å². The number of nitrogens with two attached hydrogens (primary N) is 1. The molecule has 0 saturated heterocycles. The number of hydrogen-bond donors (Lipinski definition) is 4. The van der Waals surface area contributed by atoms with E-state index in [1.807, 2.05) is 19.1 Å². The fourth-order valence-corrected chi connectivity index (χ4v) is 3.12. The molecule has 0 spiro atoms. The molecule has 1 aromatic heterocycles. The molecular formula is C19H26N6O. The monoisotopic (exact) mass is 354 g/mol. The second-order valence-corrected chi connectivity index (χ2v) is 6.76. The van der Waals surface area contributed by atoms with E-state index in [4.69, 9.17) is 5.73 Å². The maximum atomic E-state index is 12.2. The Hall–Kier alpha value is -2.83. The van der Waals surface area contributed by atoms with Crippen molar-refractivity contribution >= 4 is 23.2 Å². The summed E-state index contributed by atoms with van der Waals surface area (Å²) < 4.78 is 0. The molecule has 3 rings (SSSR count). The second-order valence-electron chi connectivity index (χ2n) is 6.76. The molecule has 1 amide bonds. The van der Waals surface area contributed by atoms with Crippen molar-refractivity contribution in [2.45, 2.75) is 51.5 Å². The van der Waals surface area contributed by atoms with Gasteiger partial charge in [-0.15, -0.1) is 0 Å². The molecule has 1 aliphatic carbocycles. The number of hydrogen-bond acceptors (Lipinski definition) is 6. The van der Waals surface area contributed by atoms with Crippen LogP contribution in [0.4, 0.5) is 17.3 Å². The summed E-state index contributed by atoms with van der Waals surface area (Å²) in [6, 6.07) is 7.71. The first-order chi connectivity index (χ1) is 12.6. The minimum Gasteiger partial charge on any atom is -0.393 e. The Morgan fingerprint density at radius 1 is 1.04 bits per heavy atom. The van der Waals surface area contributed by atoms with E-state index in [0.717, 1.165) is 18.4 Å². The van der Waals surface area contributed by atoms with Crippen molar-refractivity contribution in [2.75, 3.05) is 16.5 Å². The van der Waals surface area contributed by atoms with Crippen LogP contribution in [0.5, 0.6) is 0 Å². The molecule has 0 bridgehead atoms. The van der Waals surface area contributed by atoms with Gasteiger partial charge in [0.15, 0.2) is 11.6 Å². The van der Waals surface area contributed by atoms with Crippen LogP contribution in [0.3, 0.4) is 0 Å². The summed E-state index contributed by atoms with van der Waals surface area (Å²) in [5.74, 6) is 0.747. The first-order valence-electron chi connectivity index (χ1n) is 9.13. The Kier molecular flexibility index (Phi) is 5.88. The van der Waals surface area contributed by atoms with E-state index in [9.17, 15) is 4.79 Å². The summed E-state index contributed by atoms with van der Waals surface area (Å²) >= 11 is 0. The third-order valence-electron chi connectivity index (χ3n) is 4.69. The lowest BCUT2D eigenvalue weighted by molar-refractivity contribution is 0.0962. The van der Waals surface area contributed by atoms with Gasteiger partial charge in [-0.2, -0.15) is 0 Å². The highest BCUT2D eigenvalue weighted by Crippen LogP contribution is 2.26. The zero-order chi connectivity index (χ0) is 18.4. The van der Waals surface area contributed by atoms with Gasteiger partial charge in [-0.05, 0) is 31.9 Å². The molecule has 1 saturated carbocycles. The Labute approximate surface area is 153 Å². The number of carbonyl (C=O) groups is 1. The highest BCUT2D eigenvalue weighted by atomic mass is 16.2. The van der Waals surface area contributed by atoms with Crippen molar-refractivity contribution in [2.24, 2.45) is 0 Å². The van der Waals surface area contributed by atoms with Crippen molar-refractivity contribution in [3.8, 4) is 0 Å². The molecule has 5 N–H and O–H groups in total. The molecule has 2 aromatic rings. The zero-order valence-corrected chi connectivity index (χ0v) is 15.1. The minimum absolute atomic E-state index is 0.249. The molecule has 138 valence electrons. The third-order valence-corrected chi connectivity index (χ3v) is 4.69. The topological polar surface area (TPSA) is 105 Å². The van der Waals surface area contributed by atoms with Crippen molar-refractivity contribution in [1.82, 2.24) is 15.4 Å². The van der Waals surface area contributed by atoms with Crippen LogP contribution in [0, 0.1) is 6.92 Å². The number of benzene rings is 1. The van der Waals surface area contributed by atoms with Crippen LogP contribution >= 0.6 is 0 Å². The van der Waals surface area contributed by atoms with Crippen LogP contribution in [0.1, 0.15) is 54.4 Å². The number of hydrazine groups is 1. The summed E-state index contributed by atoms with van der Waals surface area (Å²) in [4.78, 5) is 20.6. The van der Waals surface area contributed by atoms with Crippen LogP contribution in [0.15, 0.2) is 30.6 Å². The quantitative estimate of drug-likeness (QED) is 0.485. The van der Waals surface area contributed by atoms with Crippen LogP contribution in [-0.2, 0) is 0 Å². The summed E-state index contributed by atoms with van der Waals surface area (Å²) in [7, 11) is 0. The number of aryl methyl sites for hydroxylation is 1. The first-order valence-corrected chi connectivity index (χ1v) is 9.13. The van der Waals surface area contributed by atoms with E-state index < -0.39 is 0 Å². The Balaban J connectivity index is 1.63. The van der Waals surface area contributed by atoms with E-state index in [1.54, 1.807) is 12.1 Å². The van der Waals surface area contributed by atoms with Gasteiger partial charge >= 0.3 is 0 Å². The van der Waals surface area contributed by atoms with Gasteiger partial charge in [-0.25, -0.2) is 9.97 Å². The van der Waals surface area contributed by atoms with Gasteiger partial charge in [-0.3, -0.25) is 15.6 Å². The first kappa shape index (κ1) is 18.0. The highest BCUT2D eigenvalue weighted by Gasteiger charge is 2.16. The molecule has 0 radical (unpaired) electrons. The fourth-order valence-electron chi connectivity index (χ4n) is 3.12. The SMILES string of the molecule is Cc1ccc(C(=O)NNc2ncnc(NC3CCCCCC3)c2N)cc1. The van der Waals surface area contributed by atoms with E-state index in [1.165, 1.54) is 32.0 Å². The average Bonchev–Trinajstić information content (AvgIpc) is 2.91. The van der Waals surface area contributed by atoms with E-state index in [2.05, 4.69) is 26.1 Å². The number of anilines is 3. The number of carbonyl (C=O) groups excluding carboxylic acids is 1. The molecule has 7 heteroatoms. The van der Waals surface area contributed by atoms with Gasteiger partial charge in [0.2, 0.25) is 0 Å². The van der Waals surface area contributed by atoms with E-state index >= 15 is 0 Å². The minimum atomic E-state index is -0.249. The van der Waals surface area contributed by atoms with Crippen molar-refractivity contribution in [3.05, 3.63) is 41.7 Å². The lowest BCUT2D eigenvalue weighted by Gasteiger charge is -2.19. The number of nitrogens with zero attached hydrogens (tertiary/aromatic N) is 2. The number of amides is 1. The molecule has 1 aromatic carbocycles. The van der Waals surface area contributed by atoms with Crippen molar-refractivity contribution < 1.29 is 4.79 Å². The predicted octanol–water partition coefficient (Wildman–Crippen LogP) is 3.26. The standard InChI is InChI=1S/C19H26N6O/c1-13-8-10-14(11-9-13)19(26)25-24-18-16(20)17(21-12-22-18)23-15-6-4-2-3-5-7-15/h8-12,15H,2-7,20H2,1H3,(H,25,26)(H2,21,22,23,24). The molecule has 1 aliphatic rings. The molecule has 1 fully saturated rings. The van der Waals surface area contributed by atoms with Gasteiger partial charge in [-0.1, -0.05) is 43.4 Å².